The van der Waals surface area contributed by atoms with Crippen molar-refractivity contribution in [3.8, 4) is 0 Å². The number of hydrogen-bond donors (Lipinski definition) is 0. The van der Waals surface area contributed by atoms with Gasteiger partial charge in [-0.2, -0.15) is 0 Å². The second-order valence-corrected chi connectivity index (χ2v) is 23.0. The van der Waals surface area contributed by atoms with Gasteiger partial charge in [-0.25, -0.2) is 0 Å². The lowest BCUT2D eigenvalue weighted by Crippen LogP contribution is -2.30. The van der Waals surface area contributed by atoms with Crippen LogP contribution < -0.4 is 0 Å². The molecule has 0 aromatic rings. The second-order valence-electron chi connectivity index (χ2n) is 23.0. The summed E-state index contributed by atoms with van der Waals surface area (Å²) >= 11 is 0. The highest BCUT2D eigenvalue weighted by molar-refractivity contribution is 5.71. The van der Waals surface area contributed by atoms with Crippen molar-refractivity contribution in [1.29, 1.82) is 0 Å². The number of esters is 3. The molecule has 0 N–H and O–H groups in total. The van der Waals surface area contributed by atoms with Crippen molar-refractivity contribution in [2.24, 2.45) is 17.8 Å². The van der Waals surface area contributed by atoms with Crippen LogP contribution in [0.4, 0.5) is 0 Å². The van der Waals surface area contributed by atoms with Crippen LogP contribution in [-0.4, -0.2) is 37.2 Å². The van der Waals surface area contributed by atoms with Crippen LogP contribution in [0.1, 0.15) is 356 Å². The molecule has 416 valence electrons. The molecular weight excluding hydrogens is 865 g/mol. The molecule has 0 radical (unpaired) electrons. The zero-order valence-electron chi connectivity index (χ0n) is 48.3. The van der Waals surface area contributed by atoms with Gasteiger partial charge in [-0.3, -0.25) is 14.4 Å². The average Bonchev–Trinajstić information content (AvgIpc) is 3.35. The molecule has 70 heavy (non-hydrogen) atoms. The molecule has 0 spiro atoms. The average molecular weight is 990 g/mol. The van der Waals surface area contributed by atoms with E-state index in [0.717, 1.165) is 75.5 Å². The van der Waals surface area contributed by atoms with Crippen LogP contribution in [0.2, 0.25) is 0 Å². The minimum absolute atomic E-state index is 0.0630. The Labute approximate surface area is 438 Å². The molecule has 0 aliphatic heterocycles. The Morgan fingerprint density at radius 1 is 0.286 bits per heavy atom. The SMILES string of the molecule is CCC(C)CCCCCCCCCCCCCCCCCCCCC(=O)O[C@H](COC(=O)CCCCCCCCCCCCCCCC(C)C)COC(=O)CCCCCCCCCCCCC(C)CC. The van der Waals surface area contributed by atoms with Crippen LogP contribution in [0.15, 0.2) is 0 Å². The fraction of sp³-hybridized carbons (Fsp3) is 0.953. The molecule has 0 aromatic heterocycles. The maximum atomic E-state index is 12.9. The topological polar surface area (TPSA) is 78.9 Å². The normalized spacial score (nSPS) is 12.9. The number of ether oxygens (including phenoxy) is 3. The van der Waals surface area contributed by atoms with Crippen molar-refractivity contribution in [1.82, 2.24) is 0 Å². The number of unbranched alkanes of at least 4 members (excludes halogenated alkanes) is 38. The maximum absolute atomic E-state index is 12.9. The minimum atomic E-state index is -0.764. The Morgan fingerprint density at radius 2 is 0.500 bits per heavy atom. The van der Waals surface area contributed by atoms with Crippen LogP contribution >= 0.6 is 0 Å². The Kier molecular flexibility index (Phi) is 53.9. The summed E-state index contributed by atoms with van der Waals surface area (Å²) in [6, 6.07) is 0. The molecule has 6 nitrogen and oxygen atoms in total. The van der Waals surface area contributed by atoms with E-state index >= 15 is 0 Å². The summed E-state index contributed by atoms with van der Waals surface area (Å²) in [6.45, 7) is 13.9. The molecule has 0 heterocycles. The molecule has 0 saturated heterocycles. The van der Waals surface area contributed by atoms with Crippen LogP contribution in [0.25, 0.3) is 0 Å². The van der Waals surface area contributed by atoms with Crippen molar-refractivity contribution in [3.63, 3.8) is 0 Å². The molecule has 0 fully saturated rings. The third-order valence-electron chi connectivity index (χ3n) is 15.4. The Bertz CT molecular complexity index is 1090. The molecule has 0 aromatic carbocycles. The molecule has 0 saturated carbocycles. The fourth-order valence-electron chi connectivity index (χ4n) is 9.82. The molecule has 0 aliphatic carbocycles. The van der Waals surface area contributed by atoms with Crippen molar-refractivity contribution in [3.05, 3.63) is 0 Å². The van der Waals surface area contributed by atoms with Crippen LogP contribution in [-0.2, 0) is 28.6 Å². The molecule has 0 aliphatic rings. The van der Waals surface area contributed by atoms with Gasteiger partial charge in [0.25, 0.3) is 0 Å². The van der Waals surface area contributed by atoms with E-state index in [1.165, 1.54) is 238 Å². The monoisotopic (exact) mass is 989 g/mol. The molecule has 6 heteroatoms. The van der Waals surface area contributed by atoms with E-state index in [1.807, 2.05) is 0 Å². The van der Waals surface area contributed by atoms with Gasteiger partial charge in [0.2, 0.25) is 0 Å². The first-order valence-electron chi connectivity index (χ1n) is 31.7. The molecule has 0 rings (SSSR count). The molecule has 0 bridgehead atoms. The summed E-state index contributed by atoms with van der Waals surface area (Å²) in [5, 5.41) is 0. The van der Waals surface area contributed by atoms with Crippen LogP contribution in [0, 0.1) is 17.8 Å². The van der Waals surface area contributed by atoms with Crippen molar-refractivity contribution >= 4 is 17.9 Å². The first kappa shape index (κ1) is 68.4. The quantitative estimate of drug-likeness (QED) is 0.0343. The van der Waals surface area contributed by atoms with Gasteiger partial charge in [-0.1, -0.05) is 318 Å². The largest absolute Gasteiger partial charge is 0.462 e. The molecule has 0 amide bonds. The lowest BCUT2D eigenvalue weighted by Gasteiger charge is -2.18. The molecule has 3 atom stereocenters. The van der Waals surface area contributed by atoms with Gasteiger partial charge in [0.1, 0.15) is 13.2 Å². The van der Waals surface area contributed by atoms with Crippen molar-refractivity contribution in [2.75, 3.05) is 13.2 Å². The first-order chi connectivity index (χ1) is 34.2. The van der Waals surface area contributed by atoms with E-state index in [9.17, 15) is 14.4 Å². The lowest BCUT2D eigenvalue weighted by molar-refractivity contribution is -0.167. The van der Waals surface area contributed by atoms with Crippen molar-refractivity contribution < 1.29 is 28.6 Å². The van der Waals surface area contributed by atoms with E-state index in [1.54, 1.807) is 0 Å². The summed E-state index contributed by atoms with van der Waals surface area (Å²) in [6.07, 6.45) is 59.5. The smallest absolute Gasteiger partial charge is 0.306 e. The summed E-state index contributed by atoms with van der Waals surface area (Å²) < 4.78 is 16.9. The van der Waals surface area contributed by atoms with E-state index in [0.29, 0.717) is 19.3 Å². The van der Waals surface area contributed by atoms with Crippen LogP contribution in [0.3, 0.4) is 0 Å². The number of hydrogen-bond acceptors (Lipinski definition) is 6. The Morgan fingerprint density at radius 3 is 0.743 bits per heavy atom. The predicted octanol–water partition coefficient (Wildman–Crippen LogP) is 21.1. The van der Waals surface area contributed by atoms with Crippen molar-refractivity contribution in [2.45, 2.75) is 362 Å². The van der Waals surface area contributed by atoms with E-state index in [2.05, 4.69) is 41.5 Å². The van der Waals surface area contributed by atoms with E-state index in [4.69, 9.17) is 14.2 Å². The Balaban J connectivity index is 4.27. The van der Waals surface area contributed by atoms with Gasteiger partial charge < -0.3 is 14.2 Å². The van der Waals surface area contributed by atoms with Crippen LogP contribution in [0.5, 0.6) is 0 Å². The number of carbonyl (C=O) groups excluding carboxylic acids is 3. The number of carbonyl (C=O) groups is 3. The van der Waals surface area contributed by atoms with Gasteiger partial charge in [-0.05, 0) is 37.0 Å². The zero-order valence-corrected chi connectivity index (χ0v) is 48.3. The standard InChI is InChI=1S/C64H124O6/c1-7-59(5)51-45-39-33-27-21-17-13-11-9-10-12-14-18-23-31-37-43-49-55-64(67)70-61(57-69-63(66)54-48-42-36-30-25-24-28-34-40-46-52-60(6)8-2)56-68-62(65)53-47-41-35-29-22-19-15-16-20-26-32-38-44-50-58(3)4/h58-61H,7-57H2,1-6H3/t59?,60?,61-/m1/s1. The fourth-order valence-corrected chi connectivity index (χ4v) is 9.82. The third-order valence-corrected chi connectivity index (χ3v) is 15.4. The highest BCUT2D eigenvalue weighted by atomic mass is 16.6. The highest BCUT2D eigenvalue weighted by Crippen LogP contribution is 2.20. The van der Waals surface area contributed by atoms with Gasteiger partial charge in [0.05, 0.1) is 0 Å². The Hall–Kier alpha value is -1.59. The molecule has 2 unspecified atom stereocenters. The maximum Gasteiger partial charge on any atom is 0.306 e. The second kappa shape index (κ2) is 55.2. The lowest BCUT2D eigenvalue weighted by atomic mass is 9.99. The predicted molar refractivity (Wildman–Crippen MR) is 303 cm³/mol. The number of rotatable bonds is 57. The van der Waals surface area contributed by atoms with Gasteiger partial charge in [0.15, 0.2) is 6.10 Å². The van der Waals surface area contributed by atoms with Gasteiger partial charge in [0, 0.05) is 19.3 Å². The summed E-state index contributed by atoms with van der Waals surface area (Å²) in [4.78, 5) is 38.3. The first-order valence-corrected chi connectivity index (χ1v) is 31.7. The summed E-state index contributed by atoms with van der Waals surface area (Å²) in [5.41, 5.74) is 0. The summed E-state index contributed by atoms with van der Waals surface area (Å²) in [5.74, 6) is 1.78. The summed E-state index contributed by atoms with van der Waals surface area (Å²) in [7, 11) is 0. The minimum Gasteiger partial charge on any atom is -0.462 e. The highest BCUT2D eigenvalue weighted by Gasteiger charge is 2.19. The molecular formula is C64H124O6. The van der Waals surface area contributed by atoms with E-state index < -0.39 is 6.10 Å². The van der Waals surface area contributed by atoms with Gasteiger partial charge >= 0.3 is 17.9 Å². The third kappa shape index (κ3) is 54.2. The zero-order chi connectivity index (χ0) is 51.2. The van der Waals surface area contributed by atoms with E-state index in [-0.39, 0.29) is 31.1 Å². The van der Waals surface area contributed by atoms with Gasteiger partial charge in [-0.15, -0.1) is 0 Å².